The summed E-state index contributed by atoms with van der Waals surface area (Å²) in [4.78, 5) is 18.7. The first-order valence-corrected chi connectivity index (χ1v) is 9.49. The highest BCUT2D eigenvalue weighted by atomic mass is 32.1. The average Bonchev–Trinajstić information content (AvgIpc) is 3.10. The van der Waals surface area contributed by atoms with E-state index in [1.54, 1.807) is 30.6 Å². The van der Waals surface area contributed by atoms with Gasteiger partial charge in [-0.1, -0.05) is 12.1 Å². The number of nitrogens with zero attached hydrogens (tertiary/aromatic N) is 2. The summed E-state index contributed by atoms with van der Waals surface area (Å²) in [6.45, 7) is 4.08. The summed E-state index contributed by atoms with van der Waals surface area (Å²) in [7, 11) is 1.55. The van der Waals surface area contributed by atoms with Gasteiger partial charge in [0.15, 0.2) is 0 Å². The van der Waals surface area contributed by atoms with Crippen molar-refractivity contribution in [3.05, 3.63) is 47.1 Å². The van der Waals surface area contributed by atoms with Crippen molar-refractivity contribution in [1.82, 2.24) is 9.80 Å². The van der Waals surface area contributed by atoms with Crippen molar-refractivity contribution >= 4 is 17.2 Å². The van der Waals surface area contributed by atoms with E-state index >= 15 is 0 Å². The number of hydrogen-bond acceptors (Lipinski definition) is 5. The zero-order chi connectivity index (χ0) is 18.5. The summed E-state index contributed by atoms with van der Waals surface area (Å²) < 4.78 is 18.3. The molecule has 0 saturated carbocycles. The molecular weight excluding hydrogens is 353 g/mol. The SMILES string of the molecule is COCC(N)C(=O)N1CCN(Cc2ccc(-c3cccc(F)c3)s2)CC1. The number of methoxy groups -OCH3 is 1. The van der Waals surface area contributed by atoms with Crippen molar-refractivity contribution in [3.63, 3.8) is 0 Å². The molecule has 1 aromatic carbocycles. The van der Waals surface area contributed by atoms with Gasteiger partial charge in [-0.3, -0.25) is 9.69 Å². The molecule has 1 amide bonds. The number of hydrogen-bond donors (Lipinski definition) is 1. The second-order valence-corrected chi connectivity index (χ2v) is 7.61. The predicted octanol–water partition coefficient (Wildman–Crippen LogP) is 2.17. The minimum absolute atomic E-state index is 0.0454. The van der Waals surface area contributed by atoms with Crippen LogP contribution < -0.4 is 5.73 Å². The quantitative estimate of drug-likeness (QED) is 0.838. The number of thiophene rings is 1. The highest BCUT2D eigenvalue weighted by molar-refractivity contribution is 7.15. The third-order valence-electron chi connectivity index (χ3n) is 4.50. The monoisotopic (exact) mass is 377 g/mol. The van der Waals surface area contributed by atoms with Crippen LogP contribution in [0.5, 0.6) is 0 Å². The predicted molar refractivity (Wildman–Crippen MR) is 101 cm³/mol. The maximum atomic E-state index is 13.4. The summed E-state index contributed by atoms with van der Waals surface area (Å²) in [5.41, 5.74) is 6.74. The largest absolute Gasteiger partial charge is 0.383 e. The molecule has 0 aliphatic carbocycles. The average molecular weight is 377 g/mol. The van der Waals surface area contributed by atoms with Crippen LogP contribution in [0.3, 0.4) is 0 Å². The summed E-state index contributed by atoms with van der Waals surface area (Å²) in [6, 6.07) is 10.2. The molecule has 140 valence electrons. The lowest BCUT2D eigenvalue weighted by Gasteiger charge is -2.35. The van der Waals surface area contributed by atoms with Crippen molar-refractivity contribution in [2.24, 2.45) is 5.73 Å². The van der Waals surface area contributed by atoms with Crippen LogP contribution in [0.25, 0.3) is 10.4 Å². The van der Waals surface area contributed by atoms with Crippen molar-refractivity contribution in [3.8, 4) is 10.4 Å². The Morgan fingerprint density at radius 3 is 2.73 bits per heavy atom. The summed E-state index contributed by atoms with van der Waals surface area (Å²) in [5, 5.41) is 0. The molecule has 7 heteroatoms. The van der Waals surface area contributed by atoms with Gasteiger partial charge in [-0.15, -0.1) is 11.3 Å². The van der Waals surface area contributed by atoms with Crippen LogP contribution >= 0.6 is 11.3 Å². The molecule has 26 heavy (non-hydrogen) atoms. The maximum absolute atomic E-state index is 13.4. The number of carbonyl (C=O) groups is 1. The molecule has 2 heterocycles. The lowest BCUT2D eigenvalue weighted by molar-refractivity contribution is -0.135. The van der Waals surface area contributed by atoms with E-state index in [4.69, 9.17) is 10.5 Å². The molecule has 0 spiro atoms. The van der Waals surface area contributed by atoms with E-state index in [2.05, 4.69) is 11.0 Å². The van der Waals surface area contributed by atoms with Crippen molar-refractivity contribution in [2.75, 3.05) is 39.9 Å². The minimum atomic E-state index is -0.585. The van der Waals surface area contributed by atoms with Gasteiger partial charge in [-0.2, -0.15) is 0 Å². The van der Waals surface area contributed by atoms with Gasteiger partial charge in [0.2, 0.25) is 5.91 Å². The number of piperazine rings is 1. The third-order valence-corrected chi connectivity index (χ3v) is 5.62. The lowest BCUT2D eigenvalue weighted by Crippen LogP contribution is -2.53. The highest BCUT2D eigenvalue weighted by Crippen LogP contribution is 2.29. The molecule has 0 bridgehead atoms. The molecule has 3 rings (SSSR count). The molecular formula is C19H24FN3O2S. The Hall–Kier alpha value is -1.80. The Morgan fingerprint density at radius 1 is 1.27 bits per heavy atom. The second kappa shape index (κ2) is 8.73. The van der Waals surface area contributed by atoms with E-state index < -0.39 is 6.04 Å². The molecule has 2 aromatic rings. The van der Waals surface area contributed by atoms with Gasteiger partial charge in [0, 0.05) is 49.6 Å². The topological polar surface area (TPSA) is 58.8 Å². The molecule has 0 radical (unpaired) electrons. The van der Waals surface area contributed by atoms with Gasteiger partial charge >= 0.3 is 0 Å². The molecule has 1 atom stereocenters. The molecule has 1 aromatic heterocycles. The van der Waals surface area contributed by atoms with Gasteiger partial charge in [0.1, 0.15) is 11.9 Å². The minimum Gasteiger partial charge on any atom is -0.383 e. The van der Waals surface area contributed by atoms with Gasteiger partial charge in [-0.05, 0) is 29.8 Å². The fourth-order valence-corrected chi connectivity index (χ4v) is 4.14. The van der Waals surface area contributed by atoms with Crippen LogP contribution in [-0.2, 0) is 16.1 Å². The van der Waals surface area contributed by atoms with Gasteiger partial charge < -0.3 is 15.4 Å². The zero-order valence-electron chi connectivity index (χ0n) is 14.9. The Kier molecular flexibility index (Phi) is 6.37. The van der Waals surface area contributed by atoms with Gasteiger partial charge in [-0.25, -0.2) is 4.39 Å². The number of ether oxygens (including phenoxy) is 1. The van der Waals surface area contributed by atoms with Crippen molar-refractivity contribution in [1.29, 1.82) is 0 Å². The lowest BCUT2D eigenvalue weighted by atomic mass is 10.2. The van der Waals surface area contributed by atoms with Crippen LogP contribution in [0.1, 0.15) is 4.88 Å². The van der Waals surface area contributed by atoms with E-state index in [0.717, 1.165) is 30.1 Å². The third kappa shape index (κ3) is 4.67. The van der Waals surface area contributed by atoms with Crippen LogP contribution in [0.2, 0.25) is 0 Å². The highest BCUT2D eigenvalue weighted by Gasteiger charge is 2.25. The van der Waals surface area contributed by atoms with Crippen molar-refractivity contribution in [2.45, 2.75) is 12.6 Å². The number of rotatable bonds is 6. The van der Waals surface area contributed by atoms with Crippen LogP contribution in [0.15, 0.2) is 36.4 Å². The van der Waals surface area contributed by atoms with Crippen LogP contribution in [0, 0.1) is 5.82 Å². The number of nitrogens with two attached hydrogens (primary N) is 1. The fourth-order valence-electron chi connectivity index (χ4n) is 3.09. The zero-order valence-corrected chi connectivity index (χ0v) is 15.7. The standard InChI is InChI=1S/C19H24FN3O2S/c1-25-13-17(21)19(24)23-9-7-22(8-10-23)12-16-5-6-18(26-16)14-3-2-4-15(20)11-14/h2-6,11,17H,7-10,12-13,21H2,1H3. The molecule has 1 saturated heterocycles. The first kappa shape index (κ1) is 19.0. The first-order chi connectivity index (χ1) is 12.6. The molecule has 1 aliphatic rings. The molecule has 1 unspecified atom stereocenters. The Labute approximate surface area is 157 Å². The molecule has 1 aliphatic heterocycles. The number of carbonyl (C=O) groups excluding carboxylic acids is 1. The van der Waals surface area contributed by atoms with Crippen molar-refractivity contribution < 1.29 is 13.9 Å². The molecule has 5 nitrogen and oxygen atoms in total. The Bertz CT molecular complexity index is 744. The number of benzene rings is 1. The van der Waals surface area contributed by atoms with E-state index in [0.29, 0.717) is 13.1 Å². The first-order valence-electron chi connectivity index (χ1n) is 8.67. The number of amides is 1. The maximum Gasteiger partial charge on any atom is 0.241 e. The molecule has 2 N–H and O–H groups in total. The Balaban J connectivity index is 1.53. The fraction of sp³-hybridized carbons (Fsp3) is 0.421. The normalized spacial score (nSPS) is 16.7. The van der Waals surface area contributed by atoms with E-state index in [9.17, 15) is 9.18 Å². The van der Waals surface area contributed by atoms with Crippen LogP contribution in [0.4, 0.5) is 4.39 Å². The van der Waals surface area contributed by atoms with E-state index in [-0.39, 0.29) is 18.3 Å². The summed E-state index contributed by atoms with van der Waals surface area (Å²) >= 11 is 1.68. The van der Waals surface area contributed by atoms with E-state index in [1.807, 2.05) is 17.0 Å². The van der Waals surface area contributed by atoms with E-state index in [1.165, 1.54) is 10.9 Å². The smallest absolute Gasteiger partial charge is 0.241 e. The Morgan fingerprint density at radius 2 is 2.04 bits per heavy atom. The molecule has 1 fully saturated rings. The number of halogens is 1. The van der Waals surface area contributed by atoms with Crippen LogP contribution in [-0.4, -0.2) is 61.6 Å². The van der Waals surface area contributed by atoms with Gasteiger partial charge in [0.25, 0.3) is 0 Å². The summed E-state index contributed by atoms with van der Waals surface area (Å²) in [6.07, 6.45) is 0. The summed E-state index contributed by atoms with van der Waals surface area (Å²) in [5.74, 6) is -0.263. The second-order valence-electron chi connectivity index (χ2n) is 6.44. The van der Waals surface area contributed by atoms with Gasteiger partial charge in [0.05, 0.1) is 6.61 Å².